The number of hydrogen-bond acceptors (Lipinski definition) is 3. The molecule has 1 atom stereocenters. The van der Waals surface area contributed by atoms with Crippen molar-refractivity contribution in [3.8, 4) is 0 Å². The second kappa shape index (κ2) is 26.5. The molecule has 0 saturated heterocycles. The zero-order valence-corrected chi connectivity index (χ0v) is 22.6. The number of carbonyl (C=O) groups excluding carboxylic acids is 1. The third-order valence-corrected chi connectivity index (χ3v) is 5.79. The summed E-state index contributed by atoms with van der Waals surface area (Å²) in [5, 5.41) is 9.09. The van der Waals surface area contributed by atoms with Crippen LogP contribution < -0.4 is 0 Å². The van der Waals surface area contributed by atoms with Crippen molar-refractivity contribution in [2.45, 2.75) is 136 Å². The molecule has 0 spiro atoms. The van der Waals surface area contributed by atoms with E-state index in [0.29, 0.717) is 12.8 Å². The molecule has 35 heavy (non-hydrogen) atoms. The monoisotopic (exact) mass is 488 g/mol. The second-order valence-corrected chi connectivity index (χ2v) is 9.25. The minimum absolute atomic E-state index is 0.0993. The van der Waals surface area contributed by atoms with Crippen molar-refractivity contribution in [1.82, 2.24) is 0 Å². The highest BCUT2D eigenvalue weighted by atomic mass is 16.5. The SMILES string of the molecule is CCCCC/C=C\C/C=C\C/C=C\C/C=C\CCCC(=O)OC(CCCCCCCC)CC(=O)O. The summed E-state index contributed by atoms with van der Waals surface area (Å²) in [6, 6.07) is 0. The maximum Gasteiger partial charge on any atom is 0.307 e. The largest absolute Gasteiger partial charge is 0.481 e. The number of carboxylic acids is 1. The lowest BCUT2D eigenvalue weighted by Crippen LogP contribution is -2.21. The van der Waals surface area contributed by atoms with Crippen LogP contribution in [0, 0.1) is 0 Å². The fourth-order valence-corrected chi connectivity index (χ4v) is 3.72. The van der Waals surface area contributed by atoms with E-state index in [1.165, 1.54) is 44.9 Å². The molecule has 0 aliphatic heterocycles. The summed E-state index contributed by atoms with van der Waals surface area (Å²) < 4.78 is 5.45. The highest BCUT2D eigenvalue weighted by Gasteiger charge is 2.17. The first-order valence-electron chi connectivity index (χ1n) is 14.1. The highest BCUT2D eigenvalue weighted by Crippen LogP contribution is 2.14. The van der Waals surface area contributed by atoms with E-state index in [2.05, 4.69) is 62.5 Å². The Morgan fingerprint density at radius 1 is 0.657 bits per heavy atom. The molecule has 0 aromatic carbocycles. The number of unbranched alkanes of at least 4 members (excludes halogenated alkanes) is 9. The summed E-state index contributed by atoms with van der Waals surface area (Å²) in [5.41, 5.74) is 0. The van der Waals surface area contributed by atoms with Crippen LogP contribution in [0.1, 0.15) is 129 Å². The van der Waals surface area contributed by atoms with Gasteiger partial charge in [-0.3, -0.25) is 9.59 Å². The molecule has 0 aliphatic carbocycles. The molecule has 0 saturated carbocycles. The molecular formula is C31H52O4. The predicted octanol–water partition coefficient (Wildman–Crippen LogP) is 9.27. The van der Waals surface area contributed by atoms with Crippen molar-refractivity contribution < 1.29 is 19.4 Å². The van der Waals surface area contributed by atoms with Crippen LogP contribution in [0.4, 0.5) is 0 Å². The fourth-order valence-electron chi connectivity index (χ4n) is 3.72. The lowest BCUT2D eigenvalue weighted by atomic mass is 10.1. The van der Waals surface area contributed by atoms with Gasteiger partial charge in [-0.1, -0.05) is 107 Å². The van der Waals surface area contributed by atoms with Gasteiger partial charge >= 0.3 is 11.9 Å². The first kappa shape index (κ1) is 32.9. The second-order valence-electron chi connectivity index (χ2n) is 9.25. The standard InChI is InChI=1S/C31H52O4/c1-3-5-7-9-11-12-13-14-15-16-17-18-19-20-21-23-25-27-31(34)35-29(28-30(32)33)26-24-22-10-8-6-4-2/h11-12,14-15,17-18,20-21,29H,3-10,13,16,19,22-28H2,1-2H3,(H,32,33)/b12-11-,15-14-,18-17-,21-20-. The molecule has 0 rings (SSSR count). The topological polar surface area (TPSA) is 63.6 Å². The first-order chi connectivity index (χ1) is 17.1. The summed E-state index contributed by atoms with van der Waals surface area (Å²) in [6.07, 6.45) is 34.2. The number of ether oxygens (including phenoxy) is 1. The Kier molecular flexibility index (Phi) is 24.9. The van der Waals surface area contributed by atoms with Gasteiger partial charge in [0.05, 0.1) is 6.42 Å². The molecule has 0 amide bonds. The lowest BCUT2D eigenvalue weighted by Gasteiger charge is -2.16. The smallest absolute Gasteiger partial charge is 0.307 e. The van der Waals surface area contributed by atoms with Gasteiger partial charge in [-0.05, 0) is 57.8 Å². The van der Waals surface area contributed by atoms with Crippen molar-refractivity contribution in [3.63, 3.8) is 0 Å². The minimum Gasteiger partial charge on any atom is -0.481 e. The van der Waals surface area contributed by atoms with E-state index in [4.69, 9.17) is 9.84 Å². The molecule has 0 heterocycles. The number of hydrogen-bond donors (Lipinski definition) is 1. The summed E-state index contributed by atoms with van der Waals surface area (Å²) in [6.45, 7) is 4.42. The van der Waals surface area contributed by atoms with Gasteiger partial charge in [0.15, 0.2) is 0 Å². The van der Waals surface area contributed by atoms with E-state index < -0.39 is 12.1 Å². The van der Waals surface area contributed by atoms with Gasteiger partial charge in [-0.15, -0.1) is 0 Å². The van der Waals surface area contributed by atoms with E-state index in [1.807, 2.05) is 0 Å². The predicted molar refractivity (Wildman–Crippen MR) is 149 cm³/mol. The normalized spacial score (nSPS) is 13.0. The molecule has 0 radical (unpaired) electrons. The van der Waals surface area contributed by atoms with Crippen molar-refractivity contribution in [2.24, 2.45) is 0 Å². The van der Waals surface area contributed by atoms with Gasteiger partial charge in [-0.2, -0.15) is 0 Å². The molecule has 200 valence electrons. The molecule has 0 bridgehead atoms. The van der Waals surface area contributed by atoms with Gasteiger partial charge in [0.1, 0.15) is 6.10 Å². The number of carboxylic acid groups (broad SMARTS) is 1. The Hall–Kier alpha value is -2.10. The zero-order chi connectivity index (χ0) is 25.8. The highest BCUT2D eigenvalue weighted by molar-refractivity contribution is 5.71. The average molecular weight is 489 g/mol. The summed E-state index contributed by atoms with van der Waals surface area (Å²) in [4.78, 5) is 23.2. The third kappa shape index (κ3) is 26.3. The van der Waals surface area contributed by atoms with Gasteiger partial charge in [0.2, 0.25) is 0 Å². The van der Waals surface area contributed by atoms with Crippen molar-refractivity contribution in [1.29, 1.82) is 0 Å². The van der Waals surface area contributed by atoms with Gasteiger partial charge in [0, 0.05) is 6.42 Å². The molecule has 4 nitrogen and oxygen atoms in total. The quantitative estimate of drug-likeness (QED) is 0.0835. The first-order valence-corrected chi connectivity index (χ1v) is 14.1. The average Bonchev–Trinajstić information content (AvgIpc) is 2.82. The molecule has 1 unspecified atom stereocenters. The van der Waals surface area contributed by atoms with E-state index in [-0.39, 0.29) is 12.4 Å². The molecule has 0 aromatic heterocycles. The molecular weight excluding hydrogens is 436 g/mol. The van der Waals surface area contributed by atoms with Crippen LogP contribution in [-0.4, -0.2) is 23.1 Å². The van der Waals surface area contributed by atoms with Crippen LogP contribution in [0.25, 0.3) is 0 Å². The van der Waals surface area contributed by atoms with Crippen LogP contribution in [0.3, 0.4) is 0 Å². The molecule has 1 N–H and O–H groups in total. The molecule has 0 aliphatic rings. The number of allylic oxidation sites excluding steroid dienone is 8. The van der Waals surface area contributed by atoms with E-state index in [1.54, 1.807) is 0 Å². The van der Waals surface area contributed by atoms with Crippen LogP contribution in [0.15, 0.2) is 48.6 Å². The molecule has 4 heteroatoms. The summed E-state index contributed by atoms with van der Waals surface area (Å²) in [7, 11) is 0. The fraction of sp³-hybridized carbons (Fsp3) is 0.677. The Balaban J connectivity index is 3.85. The number of aliphatic carboxylic acids is 1. The number of carbonyl (C=O) groups is 2. The van der Waals surface area contributed by atoms with E-state index in [9.17, 15) is 9.59 Å². The third-order valence-electron chi connectivity index (χ3n) is 5.79. The summed E-state index contributed by atoms with van der Waals surface area (Å²) in [5.74, 6) is -1.19. The minimum atomic E-state index is -0.907. The summed E-state index contributed by atoms with van der Waals surface area (Å²) >= 11 is 0. The van der Waals surface area contributed by atoms with Crippen LogP contribution >= 0.6 is 0 Å². The van der Waals surface area contributed by atoms with Gasteiger partial charge < -0.3 is 9.84 Å². The Labute approximate surface area is 215 Å². The number of esters is 1. The molecule has 0 fully saturated rings. The zero-order valence-electron chi connectivity index (χ0n) is 22.6. The van der Waals surface area contributed by atoms with Gasteiger partial charge in [-0.25, -0.2) is 0 Å². The Morgan fingerprint density at radius 3 is 1.71 bits per heavy atom. The van der Waals surface area contributed by atoms with E-state index >= 15 is 0 Å². The van der Waals surface area contributed by atoms with Crippen LogP contribution in [0.2, 0.25) is 0 Å². The van der Waals surface area contributed by atoms with Crippen molar-refractivity contribution >= 4 is 11.9 Å². The van der Waals surface area contributed by atoms with Crippen LogP contribution in [-0.2, 0) is 14.3 Å². The maximum atomic E-state index is 12.1. The maximum absolute atomic E-state index is 12.1. The molecule has 0 aromatic rings. The lowest BCUT2D eigenvalue weighted by molar-refractivity contribution is -0.153. The van der Waals surface area contributed by atoms with Gasteiger partial charge in [0.25, 0.3) is 0 Å². The number of rotatable bonds is 24. The van der Waals surface area contributed by atoms with Crippen LogP contribution in [0.5, 0.6) is 0 Å². The Morgan fingerprint density at radius 2 is 1.14 bits per heavy atom. The Bertz CT molecular complexity index is 615. The van der Waals surface area contributed by atoms with Crippen molar-refractivity contribution in [3.05, 3.63) is 48.6 Å². The van der Waals surface area contributed by atoms with E-state index in [0.717, 1.165) is 51.4 Å². The van der Waals surface area contributed by atoms with Crippen molar-refractivity contribution in [2.75, 3.05) is 0 Å².